The number of benzene rings is 2. The summed E-state index contributed by atoms with van der Waals surface area (Å²) in [6.07, 6.45) is 1.33. The Bertz CT molecular complexity index is 929. The van der Waals surface area contributed by atoms with Crippen LogP contribution in [0.25, 0.3) is 0 Å². The normalized spacial score (nSPS) is 17.9. The Kier molecular flexibility index (Phi) is 6.36. The van der Waals surface area contributed by atoms with E-state index in [1.54, 1.807) is 19.2 Å². The van der Waals surface area contributed by atoms with Crippen molar-refractivity contribution in [3.63, 3.8) is 0 Å². The maximum atomic E-state index is 12.8. The number of sulfonamides is 1. The summed E-state index contributed by atoms with van der Waals surface area (Å²) in [5.41, 5.74) is 2.36. The third-order valence-electron chi connectivity index (χ3n) is 4.95. The van der Waals surface area contributed by atoms with Crippen LogP contribution in [0.5, 0.6) is 5.75 Å². The summed E-state index contributed by atoms with van der Waals surface area (Å²) in [4.78, 5) is 12.8. The van der Waals surface area contributed by atoms with Gasteiger partial charge in [0.15, 0.2) is 0 Å². The van der Waals surface area contributed by atoms with Crippen molar-refractivity contribution < 1.29 is 17.9 Å². The standard InChI is InChI=1S/C21H26N2O4S/c1-16-10-11-20(27-2)19(13-16)22-21(24)18-9-6-12-23(14-18)28(25,26)15-17-7-4-3-5-8-17/h3-5,7-8,10-11,13,18H,6,9,12,14-15H2,1-2H3,(H,22,24)/t18-/m1/s1. The molecule has 1 aliphatic heterocycles. The van der Waals surface area contributed by atoms with Gasteiger partial charge in [0, 0.05) is 13.1 Å². The van der Waals surface area contributed by atoms with Gasteiger partial charge < -0.3 is 10.1 Å². The number of aryl methyl sites for hydroxylation is 1. The number of piperidine rings is 1. The number of hydrogen-bond acceptors (Lipinski definition) is 4. The fourth-order valence-corrected chi connectivity index (χ4v) is 5.05. The fraction of sp³-hybridized carbons (Fsp3) is 0.381. The SMILES string of the molecule is COc1ccc(C)cc1NC(=O)[C@@H]1CCCN(S(=O)(=O)Cc2ccccc2)C1. The predicted octanol–water partition coefficient (Wildman–Crippen LogP) is 3.18. The first kappa shape index (κ1) is 20.4. The van der Waals surface area contributed by atoms with Gasteiger partial charge in [-0.25, -0.2) is 12.7 Å². The van der Waals surface area contributed by atoms with Crippen molar-refractivity contribution in [2.24, 2.45) is 5.92 Å². The molecule has 1 aliphatic rings. The number of hydrogen-bond donors (Lipinski definition) is 1. The van der Waals surface area contributed by atoms with E-state index in [4.69, 9.17) is 4.74 Å². The Hall–Kier alpha value is -2.38. The molecule has 1 atom stereocenters. The van der Waals surface area contributed by atoms with E-state index in [2.05, 4.69) is 5.32 Å². The Labute approximate surface area is 166 Å². The average Bonchev–Trinajstić information content (AvgIpc) is 2.69. The summed E-state index contributed by atoms with van der Waals surface area (Å²) in [5, 5.41) is 2.91. The first-order valence-corrected chi connectivity index (χ1v) is 11.0. The molecule has 0 radical (unpaired) electrons. The van der Waals surface area contributed by atoms with Crippen molar-refractivity contribution >= 4 is 21.6 Å². The number of amides is 1. The molecule has 28 heavy (non-hydrogen) atoms. The maximum absolute atomic E-state index is 12.8. The van der Waals surface area contributed by atoms with E-state index in [-0.39, 0.29) is 24.1 Å². The smallest absolute Gasteiger partial charge is 0.228 e. The van der Waals surface area contributed by atoms with E-state index in [0.29, 0.717) is 30.8 Å². The van der Waals surface area contributed by atoms with E-state index in [1.165, 1.54) is 4.31 Å². The Morgan fingerprint density at radius 1 is 1.21 bits per heavy atom. The number of nitrogens with one attached hydrogen (secondary N) is 1. The van der Waals surface area contributed by atoms with Gasteiger partial charge in [-0.1, -0.05) is 36.4 Å². The fourth-order valence-electron chi connectivity index (χ4n) is 3.44. The van der Waals surface area contributed by atoms with Crippen molar-refractivity contribution in [3.05, 3.63) is 59.7 Å². The molecule has 1 N–H and O–H groups in total. The Morgan fingerprint density at radius 3 is 2.68 bits per heavy atom. The number of carbonyl (C=O) groups is 1. The molecule has 150 valence electrons. The molecule has 1 heterocycles. The largest absolute Gasteiger partial charge is 0.495 e. The van der Waals surface area contributed by atoms with Crippen LogP contribution in [0, 0.1) is 12.8 Å². The first-order valence-electron chi connectivity index (χ1n) is 9.36. The molecule has 3 rings (SSSR count). The highest BCUT2D eigenvalue weighted by atomic mass is 32.2. The third kappa shape index (κ3) is 4.91. The molecule has 0 aliphatic carbocycles. The van der Waals surface area contributed by atoms with Gasteiger partial charge in [-0.15, -0.1) is 0 Å². The van der Waals surface area contributed by atoms with E-state index in [1.807, 2.05) is 43.3 Å². The van der Waals surface area contributed by atoms with Gasteiger partial charge in [-0.3, -0.25) is 4.79 Å². The van der Waals surface area contributed by atoms with Crippen molar-refractivity contribution in [3.8, 4) is 5.75 Å². The lowest BCUT2D eigenvalue weighted by Crippen LogP contribution is -2.44. The molecule has 1 saturated heterocycles. The molecule has 1 amide bonds. The second-order valence-electron chi connectivity index (χ2n) is 7.13. The average molecular weight is 403 g/mol. The summed E-state index contributed by atoms with van der Waals surface area (Å²) in [6.45, 7) is 2.59. The van der Waals surface area contributed by atoms with E-state index in [9.17, 15) is 13.2 Å². The molecule has 0 bridgehead atoms. The zero-order chi connectivity index (χ0) is 20.1. The number of methoxy groups -OCH3 is 1. The predicted molar refractivity (Wildman–Crippen MR) is 110 cm³/mol. The van der Waals surface area contributed by atoms with Crippen LogP contribution in [-0.2, 0) is 20.6 Å². The van der Waals surface area contributed by atoms with Crippen molar-refractivity contribution in [1.82, 2.24) is 4.31 Å². The minimum absolute atomic E-state index is 0.0477. The van der Waals surface area contributed by atoms with Gasteiger partial charge in [0.1, 0.15) is 5.75 Å². The molecule has 0 aromatic heterocycles. The van der Waals surface area contributed by atoms with Gasteiger partial charge in [0.05, 0.1) is 24.5 Å². The zero-order valence-electron chi connectivity index (χ0n) is 16.2. The van der Waals surface area contributed by atoms with E-state index < -0.39 is 10.0 Å². The number of ether oxygens (including phenoxy) is 1. The topological polar surface area (TPSA) is 75.7 Å². The molecule has 0 unspecified atom stereocenters. The molecule has 7 heteroatoms. The van der Waals surface area contributed by atoms with Gasteiger partial charge in [-0.2, -0.15) is 0 Å². The van der Waals surface area contributed by atoms with Gasteiger partial charge in [-0.05, 0) is 43.0 Å². The van der Waals surface area contributed by atoms with E-state index >= 15 is 0 Å². The van der Waals surface area contributed by atoms with Crippen LogP contribution in [0.4, 0.5) is 5.69 Å². The molecule has 2 aromatic rings. The highest BCUT2D eigenvalue weighted by molar-refractivity contribution is 7.88. The number of anilines is 1. The quantitative estimate of drug-likeness (QED) is 0.805. The van der Waals surface area contributed by atoms with Gasteiger partial charge in [0.25, 0.3) is 0 Å². The molecule has 2 aromatic carbocycles. The summed E-state index contributed by atoms with van der Waals surface area (Å²) < 4.78 is 32.4. The molecular formula is C21H26N2O4S. The first-order chi connectivity index (χ1) is 13.4. The van der Waals surface area contributed by atoms with Crippen LogP contribution in [-0.4, -0.2) is 38.8 Å². The van der Waals surface area contributed by atoms with Crippen LogP contribution >= 0.6 is 0 Å². The molecule has 0 spiro atoms. The zero-order valence-corrected chi connectivity index (χ0v) is 17.0. The maximum Gasteiger partial charge on any atom is 0.228 e. The third-order valence-corrected chi connectivity index (χ3v) is 6.77. The molecular weight excluding hydrogens is 376 g/mol. The summed E-state index contributed by atoms with van der Waals surface area (Å²) in [5.74, 6) is -0.0233. The monoisotopic (exact) mass is 402 g/mol. The van der Waals surface area contributed by atoms with Crippen molar-refractivity contribution in [2.45, 2.75) is 25.5 Å². The highest BCUT2D eigenvalue weighted by Gasteiger charge is 2.32. The number of nitrogens with zero attached hydrogens (tertiary/aromatic N) is 1. The summed E-state index contributed by atoms with van der Waals surface area (Å²) >= 11 is 0. The summed E-state index contributed by atoms with van der Waals surface area (Å²) in [6, 6.07) is 14.7. The van der Waals surface area contributed by atoms with Crippen LogP contribution in [0.3, 0.4) is 0 Å². The van der Waals surface area contributed by atoms with Crippen molar-refractivity contribution in [1.29, 1.82) is 0 Å². The van der Waals surface area contributed by atoms with Gasteiger partial charge in [0.2, 0.25) is 15.9 Å². The summed E-state index contributed by atoms with van der Waals surface area (Å²) in [7, 11) is -1.91. The minimum atomic E-state index is -3.47. The van der Waals surface area contributed by atoms with Crippen molar-refractivity contribution in [2.75, 3.05) is 25.5 Å². The number of carbonyl (C=O) groups excluding carboxylic acids is 1. The second kappa shape index (κ2) is 8.75. The minimum Gasteiger partial charge on any atom is -0.495 e. The van der Waals surface area contributed by atoms with Gasteiger partial charge >= 0.3 is 0 Å². The lowest BCUT2D eigenvalue weighted by atomic mass is 9.98. The van der Waals surface area contributed by atoms with Crippen LogP contribution in [0.1, 0.15) is 24.0 Å². The Balaban J connectivity index is 1.69. The molecule has 6 nitrogen and oxygen atoms in total. The molecule has 1 fully saturated rings. The second-order valence-corrected chi connectivity index (χ2v) is 9.10. The molecule has 0 saturated carbocycles. The lowest BCUT2D eigenvalue weighted by Gasteiger charge is -2.31. The highest BCUT2D eigenvalue weighted by Crippen LogP contribution is 2.28. The number of rotatable bonds is 6. The lowest BCUT2D eigenvalue weighted by molar-refractivity contribution is -0.120. The van der Waals surface area contributed by atoms with E-state index in [0.717, 1.165) is 11.1 Å². The van der Waals surface area contributed by atoms with Crippen LogP contribution in [0.2, 0.25) is 0 Å². The Morgan fingerprint density at radius 2 is 1.96 bits per heavy atom. The van der Waals surface area contributed by atoms with Crippen LogP contribution < -0.4 is 10.1 Å². The van der Waals surface area contributed by atoms with Crippen LogP contribution in [0.15, 0.2) is 48.5 Å².